The van der Waals surface area contributed by atoms with Gasteiger partial charge in [0.2, 0.25) is 0 Å². The molecule has 2 aliphatic rings. The van der Waals surface area contributed by atoms with Gasteiger partial charge in [0.15, 0.2) is 0 Å². The Morgan fingerprint density at radius 1 is 1.09 bits per heavy atom. The molecule has 0 amide bonds. The third-order valence-corrected chi connectivity index (χ3v) is 3.52. The van der Waals surface area contributed by atoms with Crippen LogP contribution in [0.2, 0.25) is 0 Å². The Morgan fingerprint density at radius 2 is 1.73 bits per heavy atom. The average molecular weight is 153 g/mol. The van der Waals surface area contributed by atoms with Crippen molar-refractivity contribution >= 4 is 0 Å². The van der Waals surface area contributed by atoms with Crippen LogP contribution in [0.25, 0.3) is 0 Å². The van der Waals surface area contributed by atoms with Crippen molar-refractivity contribution in [3.63, 3.8) is 0 Å². The lowest BCUT2D eigenvalue weighted by molar-refractivity contribution is 0.196. The van der Waals surface area contributed by atoms with Crippen molar-refractivity contribution in [1.29, 1.82) is 0 Å². The fourth-order valence-corrected chi connectivity index (χ4v) is 2.62. The van der Waals surface area contributed by atoms with Gasteiger partial charge < -0.3 is 5.73 Å². The molecule has 0 aromatic rings. The van der Waals surface area contributed by atoms with Crippen LogP contribution in [0, 0.1) is 5.92 Å². The van der Waals surface area contributed by atoms with E-state index in [4.69, 9.17) is 5.73 Å². The zero-order valence-electron chi connectivity index (χ0n) is 7.31. The number of hydrogen-bond donors (Lipinski definition) is 1. The minimum absolute atomic E-state index is 0.287. The summed E-state index contributed by atoms with van der Waals surface area (Å²) in [5, 5.41) is 0. The normalized spacial score (nSPS) is 30.3. The predicted molar refractivity (Wildman–Crippen MR) is 47.3 cm³/mol. The highest BCUT2D eigenvalue weighted by Gasteiger charge is 2.35. The zero-order chi connectivity index (χ0) is 7.73. The standard InChI is InChI=1S/C10H19N/c11-10(6-3-7-10)8-9-4-1-2-5-9/h9H,1-8,11H2. The van der Waals surface area contributed by atoms with Gasteiger partial charge >= 0.3 is 0 Å². The molecule has 2 aliphatic carbocycles. The maximum atomic E-state index is 6.18. The van der Waals surface area contributed by atoms with Crippen LogP contribution in [0.15, 0.2) is 0 Å². The van der Waals surface area contributed by atoms with Gasteiger partial charge in [0.05, 0.1) is 0 Å². The summed E-state index contributed by atoms with van der Waals surface area (Å²) >= 11 is 0. The van der Waals surface area contributed by atoms with Gasteiger partial charge in [-0.3, -0.25) is 0 Å². The van der Waals surface area contributed by atoms with Crippen molar-refractivity contribution in [1.82, 2.24) is 0 Å². The first-order valence-electron chi connectivity index (χ1n) is 5.07. The second-order valence-corrected chi connectivity index (χ2v) is 4.57. The Bertz CT molecular complexity index is 132. The first-order chi connectivity index (χ1) is 5.29. The van der Waals surface area contributed by atoms with Crippen molar-refractivity contribution in [2.75, 3.05) is 0 Å². The van der Waals surface area contributed by atoms with Crippen LogP contribution in [0.1, 0.15) is 51.4 Å². The maximum Gasteiger partial charge on any atom is 0.0157 e. The molecule has 0 heterocycles. The lowest BCUT2D eigenvalue weighted by atomic mass is 9.72. The summed E-state index contributed by atoms with van der Waals surface area (Å²) in [6.07, 6.45) is 11.1. The van der Waals surface area contributed by atoms with Gasteiger partial charge in [-0.25, -0.2) is 0 Å². The van der Waals surface area contributed by atoms with Gasteiger partial charge in [-0.1, -0.05) is 25.7 Å². The number of rotatable bonds is 2. The topological polar surface area (TPSA) is 26.0 Å². The number of nitrogens with two attached hydrogens (primary N) is 1. The molecule has 2 fully saturated rings. The summed E-state index contributed by atoms with van der Waals surface area (Å²) in [6.45, 7) is 0. The molecule has 11 heavy (non-hydrogen) atoms. The molecule has 0 aromatic carbocycles. The van der Waals surface area contributed by atoms with Crippen LogP contribution < -0.4 is 5.73 Å². The van der Waals surface area contributed by atoms with E-state index in [9.17, 15) is 0 Å². The molecular weight excluding hydrogens is 134 g/mol. The molecule has 0 spiro atoms. The summed E-state index contributed by atoms with van der Waals surface area (Å²) in [5.74, 6) is 0.986. The molecule has 0 saturated heterocycles. The van der Waals surface area contributed by atoms with E-state index in [0.29, 0.717) is 0 Å². The van der Waals surface area contributed by atoms with Crippen molar-refractivity contribution in [2.24, 2.45) is 11.7 Å². The van der Waals surface area contributed by atoms with Gasteiger partial charge in [-0.05, 0) is 31.6 Å². The Hall–Kier alpha value is -0.0400. The van der Waals surface area contributed by atoms with Crippen LogP contribution in [-0.2, 0) is 0 Å². The molecule has 1 heteroatoms. The molecule has 64 valence electrons. The van der Waals surface area contributed by atoms with E-state index in [-0.39, 0.29) is 5.54 Å². The molecule has 0 unspecified atom stereocenters. The van der Waals surface area contributed by atoms with Crippen LogP contribution in [0.5, 0.6) is 0 Å². The molecule has 2 saturated carbocycles. The monoisotopic (exact) mass is 153 g/mol. The second kappa shape index (κ2) is 2.78. The maximum absolute atomic E-state index is 6.18. The van der Waals surface area contributed by atoms with Gasteiger partial charge in [0.25, 0.3) is 0 Å². The van der Waals surface area contributed by atoms with Crippen molar-refractivity contribution in [3.05, 3.63) is 0 Å². The van der Waals surface area contributed by atoms with Crippen molar-refractivity contribution in [3.8, 4) is 0 Å². The summed E-state index contributed by atoms with van der Waals surface area (Å²) in [4.78, 5) is 0. The van der Waals surface area contributed by atoms with Crippen LogP contribution in [-0.4, -0.2) is 5.54 Å². The van der Waals surface area contributed by atoms with Crippen molar-refractivity contribution < 1.29 is 0 Å². The molecule has 0 radical (unpaired) electrons. The van der Waals surface area contributed by atoms with Gasteiger partial charge in [0.1, 0.15) is 0 Å². The van der Waals surface area contributed by atoms with Gasteiger partial charge in [0, 0.05) is 5.54 Å². The predicted octanol–water partition coefficient (Wildman–Crippen LogP) is 2.45. The summed E-state index contributed by atoms with van der Waals surface area (Å²) < 4.78 is 0. The SMILES string of the molecule is NC1(CC2CCCC2)CCC1. The second-order valence-electron chi connectivity index (χ2n) is 4.57. The van der Waals surface area contributed by atoms with Gasteiger partial charge in [-0.15, -0.1) is 0 Å². The van der Waals surface area contributed by atoms with Gasteiger partial charge in [-0.2, -0.15) is 0 Å². The molecule has 1 nitrogen and oxygen atoms in total. The van der Waals surface area contributed by atoms with Crippen LogP contribution in [0.3, 0.4) is 0 Å². The third kappa shape index (κ3) is 1.58. The number of hydrogen-bond acceptors (Lipinski definition) is 1. The fraction of sp³-hybridized carbons (Fsp3) is 1.00. The Balaban J connectivity index is 1.79. The molecule has 0 bridgehead atoms. The van der Waals surface area contributed by atoms with E-state index in [1.165, 1.54) is 51.4 Å². The van der Waals surface area contributed by atoms with Crippen LogP contribution in [0.4, 0.5) is 0 Å². The quantitative estimate of drug-likeness (QED) is 0.648. The lowest BCUT2D eigenvalue weighted by Gasteiger charge is -2.40. The Kier molecular flexibility index (Phi) is 1.92. The zero-order valence-corrected chi connectivity index (χ0v) is 7.31. The third-order valence-electron chi connectivity index (χ3n) is 3.52. The molecule has 0 atom stereocenters. The summed E-state index contributed by atoms with van der Waals surface area (Å²) in [7, 11) is 0. The largest absolute Gasteiger partial charge is 0.325 e. The minimum atomic E-state index is 0.287. The smallest absolute Gasteiger partial charge is 0.0157 e. The lowest BCUT2D eigenvalue weighted by Crippen LogP contribution is -2.47. The fourth-order valence-electron chi connectivity index (χ4n) is 2.62. The minimum Gasteiger partial charge on any atom is -0.325 e. The Morgan fingerprint density at radius 3 is 2.18 bits per heavy atom. The highest BCUT2D eigenvalue weighted by Crippen LogP contribution is 2.39. The highest BCUT2D eigenvalue weighted by molar-refractivity contribution is 4.94. The van der Waals surface area contributed by atoms with E-state index in [0.717, 1.165) is 5.92 Å². The van der Waals surface area contributed by atoms with E-state index < -0.39 is 0 Å². The molecule has 0 aliphatic heterocycles. The first-order valence-corrected chi connectivity index (χ1v) is 5.07. The van der Waals surface area contributed by atoms with E-state index in [2.05, 4.69) is 0 Å². The van der Waals surface area contributed by atoms with Crippen molar-refractivity contribution in [2.45, 2.75) is 56.9 Å². The van der Waals surface area contributed by atoms with E-state index >= 15 is 0 Å². The first kappa shape index (κ1) is 7.60. The summed E-state index contributed by atoms with van der Waals surface area (Å²) in [5.41, 5.74) is 6.47. The molecular formula is C10H19N. The highest BCUT2D eigenvalue weighted by atomic mass is 14.8. The molecule has 0 aromatic heterocycles. The van der Waals surface area contributed by atoms with Crippen LogP contribution >= 0.6 is 0 Å². The van der Waals surface area contributed by atoms with E-state index in [1.54, 1.807) is 0 Å². The summed E-state index contributed by atoms with van der Waals surface area (Å²) in [6, 6.07) is 0. The average Bonchev–Trinajstić information content (AvgIpc) is 2.36. The molecule has 2 rings (SSSR count). The molecule has 2 N–H and O–H groups in total. The Labute approximate surface area is 69.4 Å². The van der Waals surface area contributed by atoms with E-state index in [1.807, 2.05) is 0 Å².